The van der Waals surface area contributed by atoms with Gasteiger partial charge in [0.2, 0.25) is 5.89 Å². The molecule has 0 radical (unpaired) electrons. The van der Waals surface area contributed by atoms with Crippen molar-refractivity contribution in [1.29, 1.82) is 0 Å². The summed E-state index contributed by atoms with van der Waals surface area (Å²) in [7, 11) is 0. The van der Waals surface area contributed by atoms with E-state index in [1.165, 1.54) is 18.2 Å². The monoisotopic (exact) mass is 358 g/mol. The first-order chi connectivity index (χ1) is 12.2. The topological polar surface area (TPSA) is 65.2 Å². The third kappa shape index (κ3) is 4.45. The van der Waals surface area contributed by atoms with E-state index >= 15 is 0 Å². The minimum atomic E-state index is -0.438. The molecule has 5 nitrogen and oxygen atoms in total. The summed E-state index contributed by atoms with van der Waals surface area (Å²) in [6, 6.07) is 12.9. The molecule has 0 N–H and O–H groups in total. The second kappa shape index (κ2) is 7.94. The first-order valence-electron chi connectivity index (χ1n) is 7.64. The SMILES string of the molecule is CCOc1ccc(-c2nnc(SCC(=O)c3cccc(F)c3)o2)cc1. The molecule has 0 aliphatic rings. The van der Waals surface area contributed by atoms with Crippen LogP contribution in [0.15, 0.2) is 58.2 Å². The summed E-state index contributed by atoms with van der Waals surface area (Å²) >= 11 is 1.12. The lowest BCUT2D eigenvalue weighted by Gasteiger charge is -2.02. The van der Waals surface area contributed by atoms with E-state index < -0.39 is 5.82 Å². The highest BCUT2D eigenvalue weighted by Gasteiger charge is 2.13. The Balaban J connectivity index is 1.62. The van der Waals surface area contributed by atoms with Crippen molar-refractivity contribution in [1.82, 2.24) is 10.2 Å². The first kappa shape index (κ1) is 17.2. The Labute approximate surface area is 148 Å². The summed E-state index contributed by atoms with van der Waals surface area (Å²) in [6.07, 6.45) is 0. The second-order valence-electron chi connectivity index (χ2n) is 5.05. The van der Waals surface area contributed by atoms with Crippen LogP contribution in [0, 0.1) is 5.82 Å². The molecular formula is C18H15FN2O3S. The van der Waals surface area contributed by atoms with Gasteiger partial charge in [-0.3, -0.25) is 4.79 Å². The molecule has 2 aromatic carbocycles. The van der Waals surface area contributed by atoms with Crippen molar-refractivity contribution in [2.45, 2.75) is 12.1 Å². The van der Waals surface area contributed by atoms with Gasteiger partial charge in [0.05, 0.1) is 12.4 Å². The van der Waals surface area contributed by atoms with Crippen molar-refractivity contribution in [3.05, 3.63) is 59.9 Å². The Hall–Kier alpha value is -2.67. The van der Waals surface area contributed by atoms with Gasteiger partial charge in [-0.25, -0.2) is 4.39 Å². The molecule has 128 valence electrons. The molecule has 0 fully saturated rings. The fourth-order valence-electron chi connectivity index (χ4n) is 2.12. The molecule has 25 heavy (non-hydrogen) atoms. The van der Waals surface area contributed by atoms with E-state index in [0.717, 1.165) is 23.1 Å². The summed E-state index contributed by atoms with van der Waals surface area (Å²) in [4.78, 5) is 12.1. The maximum atomic E-state index is 13.1. The van der Waals surface area contributed by atoms with Crippen LogP contribution in [0.25, 0.3) is 11.5 Å². The molecule has 0 bridgehead atoms. The molecule has 0 unspecified atom stereocenters. The standard InChI is InChI=1S/C18H15FN2O3S/c1-2-23-15-8-6-12(7-9-15)17-20-21-18(24-17)25-11-16(22)13-4-3-5-14(19)10-13/h3-10H,2,11H2,1H3. The molecule has 0 aliphatic carbocycles. The third-order valence-corrected chi connectivity index (χ3v) is 4.11. The van der Waals surface area contributed by atoms with Gasteiger partial charge in [0.15, 0.2) is 5.78 Å². The molecule has 7 heteroatoms. The Bertz CT molecular complexity index is 865. The predicted molar refractivity (Wildman–Crippen MR) is 92.4 cm³/mol. The van der Waals surface area contributed by atoms with Crippen LogP contribution in [0.1, 0.15) is 17.3 Å². The number of hydrogen-bond donors (Lipinski definition) is 0. The van der Waals surface area contributed by atoms with E-state index in [0.29, 0.717) is 18.1 Å². The van der Waals surface area contributed by atoms with E-state index in [9.17, 15) is 9.18 Å². The fraction of sp³-hybridized carbons (Fsp3) is 0.167. The highest BCUT2D eigenvalue weighted by atomic mass is 32.2. The van der Waals surface area contributed by atoms with Gasteiger partial charge >= 0.3 is 0 Å². The molecule has 1 heterocycles. The van der Waals surface area contributed by atoms with E-state index in [-0.39, 0.29) is 16.8 Å². The largest absolute Gasteiger partial charge is 0.494 e. The fourth-order valence-corrected chi connectivity index (χ4v) is 2.78. The van der Waals surface area contributed by atoms with E-state index in [1.54, 1.807) is 6.07 Å². The highest BCUT2D eigenvalue weighted by Crippen LogP contribution is 2.25. The van der Waals surface area contributed by atoms with Crippen LogP contribution in [0.2, 0.25) is 0 Å². The number of nitrogens with zero attached hydrogens (tertiary/aromatic N) is 2. The van der Waals surface area contributed by atoms with E-state index in [4.69, 9.17) is 9.15 Å². The summed E-state index contributed by atoms with van der Waals surface area (Å²) in [5.74, 6) is 0.579. The number of Topliss-reactive ketones (excluding diaryl/α,β-unsaturated/α-hetero) is 1. The molecule has 3 aromatic rings. The maximum Gasteiger partial charge on any atom is 0.277 e. The Morgan fingerprint density at radius 2 is 2.00 bits per heavy atom. The van der Waals surface area contributed by atoms with Gasteiger partial charge < -0.3 is 9.15 Å². The van der Waals surface area contributed by atoms with Gasteiger partial charge in [-0.2, -0.15) is 0 Å². The van der Waals surface area contributed by atoms with Crippen LogP contribution < -0.4 is 4.74 Å². The molecule has 0 atom stereocenters. The zero-order chi connectivity index (χ0) is 17.6. The Morgan fingerprint density at radius 3 is 2.72 bits per heavy atom. The predicted octanol–water partition coefficient (Wildman–Crippen LogP) is 4.25. The van der Waals surface area contributed by atoms with Crippen LogP contribution in [0.4, 0.5) is 4.39 Å². The number of carbonyl (C=O) groups is 1. The summed E-state index contributed by atoms with van der Waals surface area (Å²) < 4.78 is 24.1. The zero-order valence-corrected chi connectivity index (χ0v) is 14.3. The van der Waals surface area contributed by atoms with Crippen molar-refractivity contribution in [2.24, 2.45) is 0 Å². The summed E-state index contributed by atoms with van der Waals surface area (Å²) in [5, 5.41) is 8.19. The van der Waals surface area contributed by atoms with Crippen molar-refractivity contribution in [3.63, 3.8) is 0 Å². The van der Waals surface area contributed by atoms with Gasteiger partial charge in [0, 0.05) is 11.1 Å². The first-order valence-corrected chi connectivity index (χ1v) is 8.62. The van der Waals surface area contributed by atoms with Gasteiger partial charge in [0.1, 0.15) is 11.6 Å². The maximum absolute atomic E-state index is 13.1. The Morgan fingerprint density at radius 1 is 1.20 bits per heavy atom. The third-order valence-electron chi connectivity index (χ3n) is 3.29. The second-order valence-corrected chi connectivity index (χ2v) is 5.98. The van der Waals surface area contributed by atoms with Crippen molar-refractivity contribution in [2.75, 3.05) is 12.4 Å². The van der Waals surface area contributed by atoms with Crippen molar-refractivity contribution >= 4 is 17.5 Å². The zero-order valence-electron chi connectivity index (χ0n) is 13.4. The normalized spacial score (nSPS) is 10.6. The summed E-state index contributed by atoms with van der Waals surface area (Å²) in [5.41, 5.74) is 1.08. The number of benzene rings is 2. The number of thioether (sulfide) groups is 1. The lowest BCUT2D eigenvalue weighted by molar-refractivity contribution is 0.102. The van der Waals surface area contributed by atoms with E-state index in [2.05, 4.69) is 10.2 Å². The molecule has 0 aliphatic heterocycles. The quantitative estimate of drug-likeness (QED) is 0.465. The van der Waals surface area contributed by atoms with Crippen molar-refractivity contribution in [3.8, 4) is 17.2 Å². The minimum Gasteiger partial charge on any atom is -0.494 e. The Kier molecular flexibility index (Phi) is 5.45. The highest BCUT2D eigenvalue weighted by molar-refractivity contribution is 7.99. The van der Waals surface area contributed by atoms with E-state index in [1.807, 2.05) is 31.2 Å². The number of halogens is 1. The smallest absolute Gasteiger partial charge is 0.277 e. The summed E-state index contributed by atoms with van der Waals surface area (Å²) in [6.45, 7) is 2.51. The molecular weight excluding hydrogens is 343 g/mol. The number of ether oxygens (including phenoxy) is 1. The minimum absolute atomic E-state index is 0.0916. The van der Waals surface area contributed by atoms with Gasteiger partial charge in [-0.05, 0) is 43.3 Å². The number of ketones is 1. The molecule has 0 saturated carbocycles. The lowest BCUT2D eigenvalue weighted by atomic mass is 10.1. The molecule has 0 spiro atoms. The number of aromatic nitrogens is 2. The number of hydrogen-bond acceptors (Lipinski definition) is 6. The van der Waals surface area contributed by atoms with Crippen LogP contribution in [-0.4, -0.2) is 28.3 Å². The average molecular weight is 358 g/mol. The molecule has 3 rings (SSSR count). The van der Waals surface area contributed by atoms with Gasteiger partial charge in [-0.15, -0.1) is 10.2 Å². The number of carbonyl (C=O) groups excluding carboxylic acids is 1. The van der Waals surface area contributed by atoms with Crippen LogP contribution in [-0.2, 0) is 0 Å². The van der Waals surface area contributed by atoms with Crippen LogP contribution in [0.3, 0.4) is 0 Å². The van der Waals surface area contributed by atoms with Crippen LogP contribution >= 0.6 is 11.8 Å². The average Bonchev–Trinajstić information content (AvgIpc) is 3.09. The lowest BCUT2D eigenvalue weighted by Crippen LogP contribution is -2.02. The molecule has 0 saturated heterocycles. The van der Waals surface area contributed by atoms with Crippen molar-refractivity contribution < 1.29 is 18.3 Å². The van der Waals surface area contributed by atoms with Gasteiger partial charge in [0.25, 0.3) is 5.22 Å². The molecule has 0 amide bonds. The molecule has 1 aromatic heterocycles. The van der Waals surface area contributed by atoms with Crippen LogP contribution in [0.5, 0.6) is 5.75 Å². The number of rotatable bonds is 7. The van der Waals surface area contributed by atoms with Gasteiger partial charge in [-0.1, -0.05) is 23.9 Å².